The second kappa shape index (κ2) is 7.02. The summed E-state index contributed by atoms with van der Waals surface area (Å²) < 4.78 is 5.35. The Bertz CT molecular complexity index is 272. The summed E-state index contributed by atoms with van der Waals surface area (Å²) in [6, 6.07) is 0. The van der Waals surface area contributed by atoms with Crippen LogP contribution in [-0.4, -0.2) is 23.4 Å². The van der Waals surface area contributed by atoms with Crippen molar-refractivity contribution in [1.82, 2.24) is 0 Å². The van der Waals surface area contributed by atoms with Crippen molar-refractivity contribution >= 4 is 34.4 Å². The van der Waals surface area contributed by atoms with Crippen LogP contribution in [-0.2, 0) is 14.3 Å². The van der Waals surface area contributed by atoms with E-state index < -0.39 is 10.8 Å². The Morgan fingerprint density at radius 2 is 2.00 bits per heavy atom. The molecule has 0 amide bonds. The molecule has 0 bridgehead atoms. The number of rotatable bonds is 7. The molecular weight excluding hydrogens is 239 g/mol. The highest BCUT2D eigenvalue weighted by Gasteiger charge is 2.35. The SMILES string of the molecule is CCOC(CC)(CCC(Cl)=C=O)C(=O)Cl. The van der Waals surface area contributed by atoms with Crippen LogP contribution in [0, 0.1) is 0 Å². The lowest BCUT2D eigenvalue weighted by Crippen LogP contribution is -2.38. The largest absolute Gasteiger partial charge is 0.366 e. The molecule has 0 radical (unpaired) electrons. The maximum absolute atomic E-state index is 11.3. The first kappa shape index (κ1) is 14.7. The summed E-state index contributed by atoms with van der Waals surface area (Å²) in [7, 11) is 0. The topological polar surface area (TPSA) is 43.4 Å². The molecule has 5 heteroatoms. The van der Waals surface area contributed by atoms with Gasteiger partial charge < -0.3 is 4.74 Å². The predicted octanol–water partition coefficient (Wildman–Crippen LogP) is 2.67. The van der Waals surface area contributed by atoms with Crippen LogP contribution in [0.3, 0.4) is 0 Å². The lowest BCUT2D eigenvalue weighted by atomic mass is 9.95. The van der Waals surface area contributed by atoms with E-state index in [0.29, 0.717) is 19.4 Å². The molecule has 0 heterocycles. The molecule has 0 aliphatic heterocycles. The van der Waals surface area contributed by atoms with Gasteiger partial charge in [-0.25, -0.2) is 4.79 Å². The zero-order chi connectivity index (χ0) is 11.9. The second-order valence-electron chi connectivity index (χ2n) is 3.06. The summed E-state index contributed by atoms with van der Waals surface area (Å²) in [6.07, 6.45) is 0.997. The first-order chi connectivity index (χ1) is 7.02. The number of carbonyl (C=O) groups excluding carboxylic acids is 2. The van der Waals surface area contributed by atoms with E-state index in [4.69, 9.17) is 27.9 Å². The first-order valence-corrected chi connectivity index (χ1v) is 5.51. The Kier molecular flexibility index (Phi) is 6.86. The summed E-state index contributed by atoms with van der Waals surface area (Å²) >= 11 is 11.0. The third-order valence-corrected chi connectivity index (χ3v) is 2.82. The molecule has 0 saturated heterocycles. The number of halogens is 2. The smallest absolute Gasteiger partial charge is 0.253 e. The van der Waals surface area contributed by atoms with Gasteiger partial charge in [-0.1, -0.05) is 18.5 Å². The van der Waals surface area contributed by atoms with Gasteiger partial charge in [-0.15, -0.1) is 0 Å². The number of hydrogen-bond donors (Lipinski definition) is 0. The molecule has 0 spiro atoms. The Morgan fingerprint density at radius 1 is 1.40 bits per heavy atom. The summed E-state index contributed by atoms with van der Waals surface area (Å²) in [5, 5.41) is -0.507. The van der Waals surface area contributed by atoms with Gasteiger partial charge in [0.05, 0.1) is 0 Å². The van der Waals surface area contributed by atoms with Crippen LogP contribution in [0.15, 0.2) is 5.03 Å². The Morgan fingerprint density at radius 3 is 2.33 bits per heavy atom. The van der Waals surface area contributed by atoms with Crippen LogP contribution in [0.4, 0.5) is 0 Å². The van der Waals surface area contributed by atoms with E-state index in [2.05, 4.69) is 0 Å². The fraction of sp³-hybridized carbons (Fsp3) is 0.700. The normalized spacial score (nSPS) is 14.1. The summed E-state index contributed by atoms with van der Waals surface area (Å²) in [6.45, 7) is 3.96. The molecule has 0 fully saturated rings. The van der Waals surface area contributed by atoms with Crippen molar-refractivity contribution in [3.05, 3.63) is 5.03 Å². The van der Waals surface area contributed by atoms with Crippen LogP contribution in [0.2, 0.25) is 0 Å². The monoisotopic (exact) mass is 252 g/mol. The maximum Gasteiger partial charge on any atom is 0.253 e. The molecule has 86 valence electrons. The van der Waals surface area contributed by atoms with Crippen molar-refractivity contribution < 1.29 is 14.3 Å². The van der Waals surface area contributed by atoms with Gasteiger partial charge in [0.1, 0.15) is 16.6 Å². The van der Waals surface area contributed by atoms with Gasteiger partial charge in [-0.3, -0.25) is 4.79 Å². The molecular formula is C10H14Cl2O3. The van der Waals surface area contributed by atoms with E-state index in [1.165, 1.54) is 0 Å². The lowest BCUT2D eigenvalue weighted by molar-refractivity contribution is -0.137. The van der Waals surface area contributed by atoms with Crippen LogP contribution in [0.5, 0.6) is 0 Å². The number of ether oxygens (including phenoxy) is 1. The van der Waals surface area contributed by atoms with Gasteiger partial charge in [0.25, 0.3) is 5.24 Å². The minimum Gasteiger partial charge on any atom is -0.366 e. The molecule has 3 nitrogen and oxygen atoms in total. The molecule has 0 rings (SSSR count). The van der Waals surface area contributed by atoms with Crippen LogP contribution < -0.4 is 0 Å². The van der Waals surface area contributed by atoms with Crippen LogP contribution >= 0.6 is 23.2 Å². The molecule has 0 aliphatic carbocycles. The number of carbonyl (C=O) groups is 1. The average Bonchev–Trinajstić information content (AvgIpc) is 2.23. The quantitative estimate of drug-likeness (QED) is 0.517. The molecule has 0 aromatic carbocycles. The predicted molar refractivity (Wildman–Crippen MR) is 59.8 cm³/mol. The van der Waals surface area contributed by atoms with Gasteiger partial charge in [0.15, 0.2) is 0 Å². The highest BCUT2D eigenvalue weighted by Crippen LogP contribution is 2.27. The fourth-order valence-electron chi connectivity index (χ4n) is 1.28. The van der Waals surface area contributed by atoms with Crippen molar-refractivity contribution in [3.63, 3.8) is 0 Å². The second-order valence-corrected chi connectivity index (χ2v) is 3.86. The summed E-state index contributed by atoms with van der Waals surface area (Å²) in [4.78, 5) is 21.5. The third-order valence-electron chi connectivity index (χ3n) is 2.21. The van der Waals surface area contributed by atoms with Crippen LogP contribution in [0.1, 0.15) is 33.1 Å². The van der Waals surface area contributed by atoms with Crippen molar-refractivity contribution in [2.75, 3.05) is 6.61 Å². The minimum absolute atomic E-state index is 0.0467. The van der Waals surface area contributed by atoms with Gasteiger partial charge in [-0.05, 0) is 37.8 Å². The van der Waals surface area contributed by atoms with Crippen molar-refractivity contribution in [2.24, 2.45) is 0 Å². The molecule has 15 heavy (non-hydrogen) atoms. The fourth-order valence-corrected chi connectivity index (χ4v) is 1.66. The van der Waals surface area contributed by atoms with Crippen LogP contribution in [0.25, 0.3) is 0 Å². The maximum atomic E-state index is 11.3. The third kappa shape index (κ3) is 4.35. The van der Waals surface area contributed by atoms with E-state index in [-0.39, 0.29) is 11.5 Å². The Labute approximate surface area is 99.4 Å². The minimum atomic E-state index is -1.03. The highest BCUT2D eigenvalue weighted by molar-refractivity contribution is 6.65. The molecule has 0 N–H and O–H groups in total. The van der Waals surface area contributed by atoms with E-state index in [1.54, 1.807) is 19.8 Å². The Balaban J connectivity index is 4.62. The van der Waals surface area contributed by atoms with E-state index >= 15 is 0 Å². The zero-order valence-electron chi connectivity index (χ0n) is 8.81. The molecule has 0 aromatic rings. The molecule has 1 unspecified atom stereocenters. The lowest BCUT2D eigenvalue weighted by Gasteiger charge is -2.28. The van der Waals surface area contributed by atoms with Crippen molar-refractivity contribution in [2.45, 2.75) is 38.7 Å². The highest BCUT2D eigenvalue weighted by atomic mass is 35.5. The van der Waals surface area contributed by atoms with Crippen molar-refractivity contribution in [3.8, 4) is 0 Å². The standard InChI is InChI=1S/C10H14Cl2O3/c1-3-10(9(12)14,15-4-2)6-5-8(11)7-13/h3-6H2,1-2H3. The molecule has 1 atom stereocenters. The van der Waals surface area contributed by atoms with E-state index in [9.17, 15) is 9.59 Å². The van der Waals surface area contributed by atoms with E-state index in [1.807, 2.05) is 0 Å². The molecule has 0 aromatic heterocycles. The molecule has 0 aliphatic rings. The van der Waals surface area contributed by atoms with Gasteiger partial charge >= 0.3 is 0 Å². The van der Waals surface area contributed by atoms with Gasteiger partial charge in [0, 0.05) is 6.61 Å². The number of hydrogen-bond acceptors (Lipinski definition) is 3. The van der Waals surface area contributed by atoms with Gasteiger partial charge in [-0.2, -0.15) is 0 Å². The average molecular weight is 253 g/mol. The van der Waals surface area contributed by atoms with Crippen molar-refractivity contribution in [1.29, 1.82) is 0 Å². The summed E-state index contributed by atoms with van der Waals surface area (Å²) in [5.74, 6) is 1.56. The first-order valence-electron chi connectivity index (χ1n) is 4.75. The number of allylic oxidation sites excluding steroid dienone is 1. The Hall–Kier alpha value is -0.340. The molecule has 0 saturated carbocycles. The van der Waals surface area contributed by atoms with E-state index in [0.717, 1.165) is 0 Å². The van der Waals surface area contributed by atoms with Gasteiger partial charge in [0.2, 0.25) is 0 Å². The zero-order valence-corrected chi connectivity index (χ0v) is 10.3. The summed E-state index contributed by atoms with van der Waals surface area (Å²) in [5.41, 5.74) is -1.03.